The van der Waals surface area contributed by atoms with Crippen molar-refractivity contribution in [3.05, 3.63) is 29.8 Å². The molecule has 0 aliphatic heterocycles. The molecule has 0 aromatic heterocycles. The van der Waals surface area contributed by atoms with Gasteiger partial charge in [-0.15, -0.1) is 11.8 Å². The molecule has 18 heavy (non-hydrogen) atoms. The van der Waals surface area contributed by atoms with Gasteiger partial charge < -0.3 is 10.4 Å². The molecule has 1 unspecified atom stereocenters. The van der Waals surface area contributed by atoms with Gasteiger partial charge in [0.15, 0.2) is 0 Å². The first kappa shape index (κ1) is 14.6. The van der Waals surface area contributed by atoms with Crippen molar-refractivity contribution in [1.82, 2.24) is 0 Å². The third kappa shape index (κ3) is 4.78. The first-order valence-electron chi connectivity index (χ1n) is 5.71. The Morgan fingerprint density at radius 1 is 1.50 bits per heavy atom. The molecule has 1 amide bonds. The summed E-state index contributed by atoms with van der Waals surface area (Å²) >= 11 is 1.51. The second-order valence-corrected chi connectivity index (χ2v) is 5.22. The highest BCUT2D eigenvalue weighted by molar-refractivity contribution is 8.00. The number of hydrogen-bond donors (Lipinski definition) is 2. The zero-order chi connectivity index (χ0) is 13.4. The largest absolute Gasteiger partial charge is 0.396 e. The third-order valence-electron chi connectivity index (χ3n) is 2.32. The summed E-state index contributed by atoms with van der Waals surface area (Å²) in [6, 6.07) is 8.78. The molecule has 0 heterocycles. The van der Waals surface area contributed by atoms with Crippen LogP contribution in [0.3, 0.4) is 0 Å². The minimum atomic E-state index is -0.160. The van der Waals surface area contributed by atoms with E-state index in [9.17, 15) is 4.79 Å². The molecule has 1 atom stereocenters. The van der Waals surface area contributed by atoms with Crippen molar-refractivity contribution in [2.45, 2.75) is 18.6 Å². The average molecular weight is 264 g/mol. The van der Waals surface area contributed by atoms with Gasteiger partial charge in [0, 0.05) is 12.3 Å². The highest BCUT2D eigenvalue weighted by Crippen LogP contribution is 2.15. The van der Waals surface area contributed by atoms with Gasteiger partial charge in [-0.25, -0.2) is 0 Å². The van der Waals surface area contributed by atoms with E-state index in [1.165, 1.54) is 11.8 Å². The number of nitrogens with one attached hydrogen (secondary N) is 1. The van der Waals surface area contributed by atoms with Crippen LogP contribution in [0.15, 0.2) is 24.3 Å². The second kappa shape index (κ2) is 7.75. The third-order valence-corrected chi connectivity index (χ3v) is 3.56. The Hall–Kier alpha value is -1.51. The minimum Gasteiger partial charge on any atom is -0.396 e. The normalized spacial score (nSPS) is 11.6. The quantitative estimate of drug-likeness (QED) is 0.771. The van der Waals surface area contributed by atoms with E-state index in [1.54, 1.807) is 24.3 Å². The lowest BCUT2D eigenvalue weighted by Crippen LogP contribution is -2.22. The Balaban J connectivity index is 2.45. The number of amides is 1. The predicted molar refractivity (Wildman–Crippen MR) is 73.4 cm³/mol. The van der Waals surface area contributed by atoms with Crippen LogP contribution < -0.4 is 5.32 Å². The number of nitrogens with zero attached hydrogens (tertiary/aromatic N) is 1. The van der Waals surface area contributed by atoms with Crippen LogP contribution in [0.25, 0.3) is 0 Å². The molecule has 0 aliphatic rings. The number of carbonyl (C=O) groups excluding carboxylic acids is 1. The van der Waals surface area contributed by atoms with Crippen LogP contribution in [0.5, 0.6) is 0 Å². The lowest BCUT2D eigenvalue weighted by molar-refractivity contribution is -0.115. The molecule has 1 rings (SSSR count). The number of aliphatic hydroxyl groups is 1. The lowest BCUT2D eigenvalue weighted by atomic mass is 10.2. The van der Waals surface area contributed by atoms with E-state index in [1.807, 2.05) is 13.0 Å². The molecule has 0 spiro atoms. The Morgan fingerprint density at radius 3 is 2.72 bits per heavy atom. The fourth-order valence-electron chi connectivity index (χ4n) is 1.27. The van der Waals surface area contributed by atoms with Gasteiger partial charge >= 0.3 is 0 Å². The van der Waals surface area contributed by atoms with Crippen molar-refractivity contribution in [2.75, 3.05) is 17.7 Å². The van der Waals surface area contributed by atoms with E-state index < -0.39 is 0 Å². The highest BCUT2D eigenvalue weighted by Gasteiger charge is 2.12. The average Bonchev–Trinajstić information content (AvgIpc) is 2.39. The number of carbonyl (C=O) groups is 1. The molecule has 0 fully saturated rings. The van der Waals surface area contributed by atoms with Crippen molar-refractivity contribution in [3.8, 4) is 6.07 Å². The van der Waals surface area contributed by atoms with Crippen LogP contribution in [0.1, 0.15) is 18.9 Å². The zero-order valence-electron chi connectivity index (χ0n) is 10.2. The molecular formula is C13H16N2O2S. The summed E-state index contributed by atoms with van der Waals surface area (Å²) in [6.45, 7) is 1.98. The van der Waals surface area contributed by atoms with E-state index in [-0.39, 0.29) is 17.8 Å². The molecule has 1 aromatic rings. The van der Waals surface area contributed by atoms with Crippen molar-refractivity contribution >= 4 is 23.4 Å². The number of thioether (sulfide) groups is 1. The Labute approximate surface area is 111 Å². The first-order chi connectivity index (χ1) is 8.67. The topological polar surface area (TPSA) is 73.1 Å². The summed E-state index contributed by atoms with van der Waals surface area (Å²) in [5.41, 5.74) is 1.26. The zero-order valence-corrected chi connectivity index (χ0v) is 11.0. The van der Waals surface area contributed by atoms with Crippen molar-refractivity contribution in [1.29, 1.82) is 5.26 Å². The van der Waals surface area contributed by atoms with Crippen LogP contribution >= 0.6 is 11.8 Å². The number of aliphatic hydroxyl groups excluding tert-OH is 1. The summed E-state index contributed by atoms with van der Waals surface area (Å²) in [5, 5.41) is 19.9. The smallest absolute Gasteiger partial charge is 0.237 e. The Bertz CT molecular complexity index is 426. The fourth-order valence-corrected chi connectivity index (χ4v) is 2.13. The number of rotatable bonds is 6. The molecule has 5 heteroatoms. The van der Waals surface area contributed by atoms with Crippen LogP contribution in [0.2, 0.25) is 0 Å². The predicted octanol–water partition coefficient (Wildman–Crippen LogP) is 2.00. The molecule has 0 bridgehead atoms. The maximum absolute atomic E-state index is 11.8. The van der Waals surface area contributed by atoms with Crippen molar-refractivity contribution in [2.24, 2.45) is 0 Å². The van der Waals surface area contributed by atoms with E-state index in [0.29, 0.717) is 17.7 Å². The van der Waals surface area contributed by atoms with Crippen molar-refractivity contribution in [3.63, 3.8) is 0 Å². The van der Waals surface area contributed by atoms with Crippen LogP contribution in [-0.4, -0.2) is 28.6 Å². The maximum Gasteiger partial charge on any atom is 0.237 e. The van der Waals surface area contributed by atoms with Crippen LogP contribution in [-0.2, 0) is 4.79 Å². The summed E-state index contributed by atoms with van der Waals surface area (Å²) in [6.07, 6.45) is 0.694. The van der Waals surface area contributed by atoms with Gasteiger partial charge in [-0.1, -0.05) is 0 Å². The monoisotopic (exact) mass is 264 g/mol. The Kier molecular flexibility index (Phi) is 6.26. The molecule has 0 saturated carbocycles. The van der Waals surface area contributed by atoms with E-state index >= 15 is 0 Å². The van der Waals surface area contributed by atoms with Gasteiger partial charge in [0.2, 0.25) is 5.91 Å². The Morgan fingerprint density at radius 2 is 2.17 bits per heavy atom. The first-order valence-corrected chi connectivity index (χ1v) is 6.75. The summed E-state index contributed by atoms with van der Waals surface area (Å²) in [7, 11) is 0. The van der Waals surface area contributed by atoms with Crippen LogP contribution in [0.4, 0.5) is 5.69 Å². The summed E-state index contributed by atoms with van der Waals surface area (Å²) < 4.78 is 0. The maximum atomic E-state index is 11.8. The molecule has 1 aromatic carbocycles. The lowest BCUT2D eigenvalue weighted by Gasteiger charge is -2.11. The van der Waals surface area contributed by atoms with E-state index in [4.69, 9.17) is 10.4 Å². The summed E-state index contributed by atoms with van der Waals surface area (Å²) in [5.74, 6) is 0.695. The molecular weight excluding hydrogens is 248 g/mol. The number of anilines is 1. The van der Waals surface area contributed by atoms with Gasteiger partial charge in [-0.3, -0.25) is 4.79 Å². The molecule has 0 aliphatic carbocycles. The van der Waals surface area contributed by atoms with Crippen LogP contribution in [0, 0.1) is 11.3 Å². The fraction of sp³-hybridized carbons (Fsp3) is 0.385. The van der Waals surface area contributed by atoms with Gasteiger partial charge in [-0.05, 0) is 43.4 Å². The molecule has 0 saturated heterocycles. The number of hydrogen-bond acceptors (Lipinski definition) is 4. The number of nitriles is 1. The molecule has 96 valence electrons. The summed E-state index contributed by atoms with van der Waals surface area (Å²) in [4.78, 5) is 11.8. The molecule has 2 N–H and O–H groups in total. The van der Waals surface area contributed by atoms with E-state index in [0.717, 1.165) is 5.75 Å². The number of benzene rings is 1. The van der Waals surface area contributed by atoms with Gasteiger partial charge in [0.1, 0.15) is 0 Å². The second-order valence-electron chi connectivity index (χ2n) is 3.77. The SMILES string of the molecule is CC(SCCCO)C(=O)Nc1ccc(C#N)cc1. The van der Waals surface area contributed by atoms with Gasteiger partial charge in [-0.2, -0.15) is 5.26 Å². The van der Waals surface area contributed by atoms with Crippen molar-refractivity contribution < 1.29 is 9.90 Å². The minimum absolute atomic E-state index is 0.0670. The van der Waals surface area contributed by atoms with Gasteiger partial charge in [0.25, 0.3) is 0 Å². The van der Waals surface area contributed by atoms with Gasteiger partial charge in [0.05, 0.1) is 16.9 Å². The standard InChI is InChI=1S/C13H16N2O2S/c1-10(18-8-2-7-16)13(17)15-12-5-3-11(9-14)4-6-12/h3-6,10,16H,2,7-8H2,1H3,(H,15,17). The highest BCUT2D eigenvalue weighted by atomic mass is 32.2. The molecule has 0 radical (unpaired) electrons. The molecule has 4 nitrogen and oxygen atoms in total. The van der Waals surface area contributed by atoms with E-state index in [2.05, 4.69) is 5.32 Å².